The van der Waals surface area contributed by atoms with Gasteiger partial charge in [-0.15, -0.1) is 10.2 Å². The summed E-state index contributed by atoms with van der Waals surface area (Å²) in [4.78, 5) is 14.4. The van der Waals surface area contributed by atoms with Gasteiger partial charge >= 0.3 is 12.2 Å². The Labute approximate surface area is 192 Å². The van der Waals surface area contributed by atoms with E-state index in [-0.39, 0.29) is 10.7 Å². The summed E-state index contributed by atoms with van der Waals surface area (Å²) in [5.41, 5.74) is 0.683. The number of carbonyl (C=O) groups excluding carboxylic acids is 1. The summed E-state index contributed by atoms with van der Waals surface area (Å²) in [6.45, 7) is 2.78. The molecule has 1 aliphatic heterocycles. The number of nitrogens with zero attached hydrogens (tertiary/aromatic N) is 3. The Kier molecular flexibility index (Phi) is 6.66. The van der Waals surface area contributed by atoms with Crippen LogP contribution in [0.4, 0.5) is 35.2 Å². The molecule has 0 atom stereocenters. The number of morpholine rings is 1. The van der Waals surface area contributed by atoms with E-state index in [4.69, 9.17) is 16.3 Å². The third-order valence-electron chi connectivity index (χ3n) is 4.94. The van der Waals surface area contributed by atoms with Crippen molar-refractivity contribution in [3.05, 3.63) is 65.2 Å². The molecular weight excluding hydrogens is 459 g/mol. The number of halogens is 4. The van der Waals surface area contributed by atoms with Gasteiger partial charge in [0.15, 0.2) is 5.82 Å². The molecule has 172 valence electrons. The van der Waals surface area contributed by atoms with Crippen LogP contribution in [0.15, 0.2) is 54.6 Å². The molecule has 0 bridgehead atoms. The molecule has 1 aromatic heterocycles. The van der Waals surface area contributed by atoms with Crippen LogP contribution >= 0.6 is 11.6 Å². The molecule has 4 rings (SSSR count). The lowest BCUT2D eigenvalue weighted by molar-refractivity contribution is -0.137. The molecule has 2 amide bonds. The Hall–Kier alpha value is -3.37. The van der Waals surface area contributed by atoms with E-state index < -0.39 is 17.8 Å². The number of aromatic nitrogens is 2. The first-order chi connectivity index (χ1) is 15.8. The number of hydrogen-bond donors (Lipinski definition) is 2. The van der Waals surface area contributed by atoms with E-state index in [1.165, 1.54) is 0 Å². The fraction of sp³-hybridized carbons (Fsp3) is 0.227. The van der Waals surface area contributed by atoms with Crippen LogP contribution in [-0.4, -0.2) is 42.5 Å². The number of carbonyl (C=O) groups is 1. The molecule has 33 heavy (non-hydrogen) atoms. The minimum absolute atomic E-state index is 0.0115. The van der Waals surface area contributed by atoms with Crippen LogP contribution in [0.1, 0.15) is 5.56 Å². The Balaban J connectivity index is 1.44. The monoisotopic (exact) mass is 477 g/mol. The zero-order valence-electron chi connectivity index (χ0n) is 17.2. The summed E-state index contributed by atoms with van der Waals surface area (Å²) in [6, 6.07) is 12.5. The highest BCUT2D eigenvalue weighted by Gasteiger charge is 2.31. The predicted octanol–water partition coefficient (Wildman–Crippen LogP) is 5.30. The zero-order valence-corrected chi connectivity index (χ0v) is 18.0. The number of hydrogen-bond acceptors (Lipinski definition) is 5. The van der Waals surface area contributed by atoms with Crippen molar-refractivity contribution in [1.29, 1.82) is 0 Å². The molecule has 1 aliphatic rings. The molecule has 0 spiro atoms. The Morgan fingerprint density at radius 3 is 2.48 bits per heavy atom. The molecule has 0 aliphatic carbocycles. The highest BCUT2D eigenvalue weighted by atomic mass is 35.5. The van der Waals surface area contributed by atoms with E-state index in [1.807, 2.05) is 18.2 Å². The maximum absolute atomic E-state index is 12.9. The standard InChI is InChI=1S/C22H19ClF3N5O2/c23-17-5-4-15(22(24,25)26)13-19(17)28-21(32)27-16-3-1-2-14(12-16)18-6-7-20(30-29-18)31-8-10-33-11-9-31/h1-7,12-13H,8-11H2,(H2,27,28,32). The highest BCUT2D eigenvalue weighted by Crippen LogP contribution is 2.34. The van der Waals surface area contributed by atoms with E-state index >= 15 is 0 Å². The summed E-state index contributed by atoms with van der Waals surface area (Å²) >= 11 is 5.93. The van der Waals surface area contributed by atoms with Gasteiger partial charge in [0.25, 0.3) is 0 Å². The molecular formula is C22H19ClF3N5O2. The minimum atomic E-state index is -4.55. The van der Waals surface area contributed by atoms with Crippen molar-refractivity contribution in [3.63, 3.8) is 0 Å². The van der Waals surface area contributed by atoms with Crippen LogP contribution in [0.5, 0.6) is 0 Å². The SMILES string of the molecule is O=C(Nc1cccc(-c2ccc(N3CCOCC3)nn2)c1)Nc1cc(C(F)(F)F)ccc1Cl. The lowest BCUT2D eigenvalue weighted by Crippen LogP contribution is -2.36. The van der Waals surface area contributed by atoms with Gasteiger partial charge in [-0.05, 0) is 42.5 Å². The minimum Gasteiger partial charge on any atom is -0.378 e. The summed E-state index contributed by atoms with van der Waals surface area (Å²) in [7, 11) is 0. The van der Waals surface area contributed by atoms with Crippen molar-refractivity contribution >= 4 is 34.8 Å². The fourth-order valence-corrected chi connectivity index (χ4v) is 3.44. The third kappa shape index (κ3) is 5.71. The smallest absolute Gasteiger partial charge is 0.378 e. The quantitative estimate of drug-likeness (QED) is 0.533. The lowest BCUT2D eigenvalue weighted by atomic mass is 10.1. The van der Waals surface area contributed by atoms with Crippen molar-refractivity contribution in [2.75, 3.05) is 41.8 Å². The average Bonchev–Trinajstić information content (AvgIpc) is 2.80. The Morgan fingerprint density at radius 2 is 1.79 bits per heavy atom. The third-order valence-corrected chi connectivity index (χ3v) is 5.27. The van der Waals surface area contributed by atoms with Gasteiger partial charge in [0.05, 0.1) is 35.2 Å². The van der Waals surface area contributed by atoms with Gasteiger partial charge in [-0.25, -0.2) is 4.79 Å². The van der Waals surface area contributed by atoms with Crippen LogP contribution in [0.3, 0.4) is 0 Å². The summed E-state index contributed by atoms with van der Waals surface area (Å²) in [5, 5.41) is 13.5. The Bertz CT molecular complexity index is 1140. The van der Waals surface area contributed by atoms with Gasteiger partial charge in [-0.1, -0.05) is 23.7 Å². The molecule has 3 aromatic rings. The molecule has 2 heterocycles. The van der Waals surface area contributed by atoms with Crippen molar-refractivity contribution in [1.82, 2.24) is 10.2 Å². The number of alkyl halides is 3. The van der Waals surface area contributed by atoms with Gasteiger partial charge in [-0.3, -0.25) is 0 Å². The molecule has 2 aromatic carbocycles. The largest absolute Gasteiger partial charge is 0.416 e. The number of ether oxygens (including phenoxy) is 1. The second kappa shape index (κ2) is 9.63. The second-order valence-electron chi connectivity index (χ2n) is 7.23. The maximum Gasteiger partial charge on any atom is 0.416 e. The van der Waals surface area contributed by atoms with E-state index in [1.54, 1.807) is 18.2 Å². The van der Waals surface area contributed by atoms with Gasteiger partial charge in [0.1, 0.15) is 0 Å². The number of rotatable bonds is 4. The summed E-state index contributed by atoms with van der Waals surface area (Å²) < 4.78 is 44.1. The first-order valence-electron chi connectivity index (χ1n) is 10.0. The van der Waals surface area contributed by atoms with E-state index in [2.05, 4.69) is 25.7 Å². The second-order valence-corrected chi connectivity index (χ2v) is 7.64. The maximum atomic E-state index is 12.9. The van der Waals surface area contributed by atoms with Gasteiger partial charge < -0.3 is 20.3 Å². The first kappa shape index (κ1) is 22.8. The molecule has 0 radical (unpaired) electrons. The van der Waals surface area contributed by atoms with Crippen LogP contribution < -0.4 is 15.5 Å². The predicted molar refractivity (Wildman–Crippen MR) is 120 cm³/mol. The molecule has 7 nitrogen and oxygen atoms in total. The van der Waals surface area contributed by atoms with Gasteiger partial charge in [-0.2, -0.15) is 13.2 Å². The molecule has 1 fully saturated rings. The topological polar surface area (TPSA) is 79.4 Å². The number of amides is 2. The average molecular weight is 478 g/mol. The lowest BCUT2D eigenvalue weighted by Gasteiger charge is -2.27. The summed E-state index contributed by atoms with van der Waals surface area (Å²) in [5.74, 6) is 0.758. The summed E-state index contributed by atoms with van der Waals surface area (Å²) in [6.07, 6.45) is -4.55. The number of urea groups is 1. The normalized spacial score (nSPS) is 14.1. The van der Waals surface area contributed by atoms with Gasteiger partial charge in [0.2, 0.25) is 0 Å². The molecule has 0 unspecified atom stereocenters. The number of nitrogens with one attached hydrogen (secondary N) is 2. The van der Waals surface area contributed by atoms with Gasteiger partial charge in [0, 0.05) is 24.3 Å². The highest BCUT2D eigenvalue weighted by molar-refractivity contribution is 6.33. The van der Waals surface area contributed by atoms with Crippen molar-refractivity contribution < 1.29 is 22.7 Å². The van der Waals surface area contributed by atoms with Crippen LogP contribution in [0, 0.1) is 0 Å². The fourth-order valence-electron chi connectivity index (χ4n) is 3.28. The van der Waals surface area contributed by atoms with Crippen LogP contribution in [0.2, 0.25) is 5.02 Å². The van der Waals surface area contributed by atoms with Crippen molar-refractivity contribution in [2.45, 2.75) is 6.18 Å². The Morgan fingerprint density at radius 1 is 1.00 bits per heavy atom. The molecule has 1 saturated heterocycles. The first-order valence-corrected chi connectivity index (χ1v) is 10.4. The van der Waals surface area contributed by atoms with Crippen molar-refractivity contribution in [2.24, 2.45) is 0 Å². The molecule has 0 saturated carbocycles. The van der Waals surface area contributed by atoms with E-state index in [0.29, 0.717) is 30.2 Å². The number of benzene rings is 2. The van der Waals surface area contributed by atoms with E-state index in [9.17, 15) is 18.0 Å². The number of anilines is 3. The van der Waals surface area contributed by atoms with Crippen molar-refractivity contribution in [3.8, 4) is 11.3 Å². The zero-order chi connectivity index (χ0) is 23.4. The van der Waals surface area contributed by atoms with E-state index in [0.717, 1.165) is 37.1 Å². The molecule has 2 N–H and O–H groups in total. The van der Waals surface area contributed by atoms with Crippen LogP contribution in [0.25, 0.3) is 11.3 Å². The molecule has 11 heteroatoms. The van der Waals surface area contributed by atoms with Crippen LogP contribution in [-0.2, 0) is 10.9 Å².